The van der Waals surface area contributed by atoms with E-state index in [1.54, 1.807) is 0 Å². The molecule has 7 heteroatoms. The Bertz CT molecular complexity index is 436. The standard InChI is InChI=1S/C11H13Cl2N3O2/c12-9-5-8(10(13)16-15-9)11(17)14-3-1-7-2-4-18-6-7/h5,7H,1-4,6H2,(H,14,17). The zero-order valence-corrected chi connectivity index (χ0v) is 11.2. The van der Waals surface area contributed by atoms with Gasteiger partial charge >= 0.3 is 0 Å². The van der Waals surface area contributed by atoms with Crippen molar-refractivity contribution in [2.24, 2.45) is 5.92 Å². The minimum atomic E-state index is -0.282. The number of ether oxygens (including phenoxy) is 1. The molecule has 98 valence electrons. The molecule has 0 spiro atoms. The minimum absolute atomic E-state index is 0.0566. The number of nitrogens with zero attached hydrogens (tertiary/aromatic N) is 2. The van der Waals surface area contributed by atoms with Gasteiger partial charge in [-0.05, 0) is 24.8 Å². The molecule has 1 amide bonds. The molecule has 0 aromatic carbocycles. The van der Waals surface area contributed by atoms with Gasteiger partial charge in [-0.25, -0.2) is 0 Å². The van der Waals surface area contributed by atoms with Crippen molar-refractivity contribution in [1.82, 2.24) is 15.5 Å². The van der Waals surface area contributed by atoms with E-state index in [1.807, 2.05) is 0 Å². The van der Waals surface area contributed by atoms with Crippen molar-refractivity contribution in [3.05, 3.63) is 21.9 Å². The molecule has 0 bridgehead atoms. The zero-order valence-electron chi connectivity index (χ0n) is 9.66. The Labute approximate surface area is 115 Å². The summed E-state index contributed by atoms with van der Waals surface area (Å²) >= 11 is 11.5. The van der Waals surface area contributed by atoms with Gasteiger partial charge in [0.1, 0.15) is 0 Å². The number of rotatable bonds is 4. The number of carbonyl (C=O) groups excluding carboxylic acids is 1. The maximum Gasteiger partial charge on any atom is 0.254 e. The second kappa shape index (κ2) is 6.31. The molecule has 1 atom stereocenters. The van der Waals surface area contributed by atoms with E-state index in [2.05, 4.69) is 15.5 Å². The molecule has 1 unspecified atom stereocenters. The largest absolute Gasteiger partial charge is 0.381 e. The summed E-state index contributed by atoms with van der Waals surface area (Å²) in [5, 5.41) is 10.1. The molecule has 1 N–H and O–H groups in total. The number of hydrogen-bond acceptors (Lipinski definition) is 4. The van der Waals surface area contributed by atoms with Crippen molar-refractivity contribution in [2.75, 3.05) is 19.8 Å². The van der Waals surface area contributed by atoms with Gasteiger partial charge in [0.05, 0.1) is 5.56 Å². The highest BCUT2D eigenvalue weighted by molar-refractivity contribution is 6.34. The lowest BCUT2D eigenvalue weighted by Gasteiger charge is -2.09. The highest BCUT2D eigenvalue weighted by Gasteiger charge is 2.17. The first-order valence-electron chi connectivity index (χ1n) is 5.71. The highest BCUT2D eigenvalue weighted by Crippen LogP contribution is 2.17. The van der Waals surface area contributed by atoms with E-state index in [1.165, 1.54) is 6.07 Å². The topological polar surface area (TPSA) is 64.1 Å². The van der Waals surface area contributed by atoms with Crippen LogP contribution in [0.4, 0.5) is 0 Å². The summed E-state index contributed by atoms with van der Waals surface area (Å²) in [5.41, 5.74) is 0.249. The Hall–Kier alpha value is -0.910. The Morgan fingerprint density at radius 3 is 3.06 bits per heavy atom. The number of carbonyl (C=O) groups is 1. The van der Waals surface area contributed by atoms with Gasteiger partial charge < -0.3 is 10.1 Å². The number of nitrogens with one attached hydrogen (secondary N) is 1. The zero-order chi connectivity index (χ0) is 13.0. The average Bonchev–Trinajstić information content (AvgIpc) is 2.85. The summed E-state index contributed by atoms with van der Waals surface area (Å²) in [6.45, 7) is 2.18. The quantitative estimate of drug-likeness (QED) is 0.920. The molecule has 0 aliphatic carbocycles. The molecule has 1 aliphatic heterocycles. The maximum atomic E-state index is 11.8. The summed E-state index contributed by atoms with van der Waals surface area (Å²) in [7, 11) is 0. The van der Waals surface area contributed by atoms with Gasteiger partial charge in [-0.1, -0.05) is 23.2 Å². The fourth-order valence-electron chi connectivity index (χ4n) is 1.81. The summed E-state index contributed by atoms with van der Waals surface area (Å²) in [5.74, 6) is 0.246. The number of aromatic nitrogens is 2. The van der Waals surface area contributed by atoms with Crippen molar-refractivity contribution >= 4 is 29.1 Å². The predicted octanol–water partition coefficient (Wildman–Crippen LogP) is 1.94. The molecule has 1 saturated heterocycles. The minimum Gasteiger partial charge on any atom is -0.381 e. The molecular weight excluding hydrogens is 277 g/mol. The smallest absolute Gasteiger partial charge is 0.254 e. The molecular formula is C11H13Cl2N3O2. The lowest BCUT2D eigenvalue weighted by Crippen LogP contribution is -2.26. The summed E-state index contributed by atoms with van der Waals surface area (Å²) < 4.78 is 5.26. The van der Waals surface area contributed by atoms with Gasteiger partial charge in [0.2, 0.25) is 0 Å². The first kappa shape index (κ1) is 13.5. The average molecular weight is 290 g/mol. The molecule has 1 fully saturated rings. The van der Waals surface area contributed by atoms with Crippen LogP contribution in [0.25, 0.3) is 0 Å². The monoisotopic (exact) mass is 289 g/mol. The van der Waals surface area contributed by atoms with Gasteiger partial charge in [-0.15, -0.1) is 10.2 Å². The van der Waals surface area contributed by atoms with E-state index in [-0.39, 0.29) is 21.8 Å². The van der Waals surface area contributed by atoms with Gasteiger partial charge in [-0.3, -0.25) is 4.79 Å². The highest BCUT2D eigenvalue weighted by atomic mass is 35.5. The van der Waals surface area contributed by atoms with Crippen molar-refractivity contribution in [3.8, 4) is 0 Å². The summed E-state index contributed by atoms with van der Waals surface area (Å²) in [4.78, 5) is 11.8. The first-order chi connectivity index (χ1) is 8.66. The third-order valence-electron chi connectivity index (χ3n) is 2.83. The molecule has 2 rings (SSSR count). The Kier molecular flexibility index (Phi) is 4.74. The molecule has 2 heterocycles. The van der Waals surface area contributed by atoms with Crippen LogP contribution in [0.3, 0.4) is 0 Å². The van der Waals surface area contributed by atoms with Crippen LogP contribution in [0.15, 0.2) is 6.07 Å². The lowest BCUT2D eigenvalue weighted by molar-refractivity contribution is 0.0950. The molecule has 1 aliphatic rings. The Balaban J connectivity index is 1.85. The number of hydrogen-bond donors (Lipinski definition) is 1. The van der Waals surface area contributed by atoms with E-state index in [9.17, 15) is 4.79 Å². The summed E-state index contributed by atoms with van der Waals surface area (Å²) in [6, 6.07) is 1.41. The van der Waals surface area contributed by atoms with Crippen molar-refractivity contribution in [1.29, 1.82) is 0 Å². The second-order valence-electron chi connectivity index (χ2n) is 4.15. The lowest BCUT2D eigenvalue weighted by atomic mass is 10.1. The van der Waals surface area contributed by atoms with Crippen LogP contribution in [-0.2, 0) is 4.74 Å². The van der Waals surface area contributed by atoms with Gasteiger partial charge in [-0.2, -0.15) is 0 Å². The van der Waals surface area contributed by atoms with E-state index >= 15 is 0 Å². The van der Waals surface area contributed by atoms with Crippen molar-refractivity contribution in [2.45, 2.75) is 12.8 Å². The third-order valence-corrected chi connectivity index (χ3v) is 3.29. The van der Waals surface area contributed by atoms with Crippen molar-refractivity contribution in [3.63, 3.8) is 0 Å². The molecule has 0 saturated carbocycles. The molecule has 1 aromatic rings. The van der Waals surface area contributed by atoms with E-state index < -0.39 is 0 Å². The van der Waals surface area contributed by atoms with E-state index in [0.717, 1.165) is 26.1 Å². The van der Waals surface area contributed by atoms with Crippen molar-refractivity contribution < 1.29 is 9.53 Å². The molecule has 1 aromatic heterocycles. The van der Waals surface area contributed by atoms with Gasteiger partial charge in [0, 0.05) is 19.8 Å². The van der Waals surface area contributed by atoms with Crippen LogP contribution in [-0.4, -0.2) is 35.9 Å². The van der Waals surface area contributed by atoms with E-state index in [4.69, 9.17) is 27.9 Å². The van der Waals surface area contributed by atoms with Crippen LogP contribution >= 0.6 is 23.2 Å². The fourth-order valence-corrected chi connectivity index (χ4v) is 2.13. The normalized spacial score (nSPS) is 18.9. The van der Waals surface area contributed by atoms with Crippen LogP contribution in [0, 0.1) is 5.92 Å². The maximum absolute atomic E-state index is 11.8. The van der Waals surface area contributed by atoms with Crippen LogP contribution < -0.4 is 5.32 Å². The van der Waals surface area contributed by atoms with Crippen LogP contribution in [0.5, 0.6) is 0 Å². The molecule has 5 nitrogen and oxygen atoms in total. The Morgan fingerprint density at radius 2 is 2.33 bits per heavy atom. The van der Waals surface area contributed by atoms with Crippen LogP contribution in [0.1, 0.15) is 23.2 Å². The van der Waals surface area contributed by atoms with Crippen LogP contribution in [0.2, 0.25) is 10.3 Å². The fraction of sp³-hybridized carbons (Fsp3) is 0.545. The SMILES string of the molecule is O=C(NCCC1CCOC1)c1cc(Cl)nnc1Cl. The van der Waals surface area contributed by atoms with E-state index in [0.29, 0.717) is 12.5 Å². The Morgan fingerprint density at radius 1 is 1.50 bits per heavy atom. The summed E-state index contributed by atoms with van der Waals surface area (Å²) in [6.07, 6.45) is 1.95. The van der Waals surface area contributed by atoms with Gasteiger partial charge in [0.15, 0.2) is 10.3 Å². The van der Waals surface area contributed by atoms with Gasteiger partial charge in [0.25, 0.3) is 5.91 Å². The predicted molar refractivity (Wildman–Crippen MR) is 67.9 cm³/mol. The number of halogens is 2. The molecule has 18 heavy (non-hydrogen) atoms. The molecule has 0 radical (unpaired) electrons. The first-order valence-corrected chi connectivity index (χ1v) is 6.47. The number of amides is 1. The third kappa shape index (κ3) is 3.54. The second-order valence-corrected chi connectivity index (χ2v) is 4.89.